The van der Waals surface area contributed by atoms with Gasteiger partial charge in [0.25, 0.3) is 11.8 Å². The van der Waals surface area contributed by atoms with Gasteiger partial charge in [-0.3, -0.25) is 9.59 Å². The van der Waals surface area contributed by atoms with Crippen LogP contribution in [0.3, 0.4) is 0 Å². The molecular formula is C17H16ClN3O3. The second-order valence-corrected chi connectivity index (χ2v) is 5.16. The number of nitrogens with zero attached hydrogens (tertiary/aromatic N) is 1. The highest BCUT2D eigenvalue weighted by Crippen LogP contribution is 2.14. The van der Waals surface area contributed by atoms with Crippen molar-refractivity contribution >= 4 is 29.6 Å². The van der Waals surface area contributed by atoms with Crippen LogP contribution in [0.4, 0.5) is 0 Å². The number of hydrogen-bond donors (Lipinski definition) is 2. The number of carbonyl (C=O) groups is 2. The smallest absolute Gasteiger partial charge is 0.259 e. The van der Waals surface area contributed by atoms with Gasteiger partial charge in [0.2, 0.25) is 0 Å². The Labute approximate surface area is 144 Å². The van der Waals surface area contributed by atoms with Crippen molar-refractivity contribution in [2.24, 2.45) is 5.10 Å². The lowest BCUT2D eigenvalue weighted by molar-refractivity contribution is -0.120. The van der Waals surface area contributed by atoms with Crippen LogP contribution in [0.25, 0.3) is 0 Å². The average Bonchev–Trinajstić information content (AvgIpc) is 2.60. The zero-order valence-corrected chi connectivity index (χ0v) is 13.7. The molecule has 0 saturated carbocycles. The Morgan fingerprint density at radius 2 is 1.88 bits per heavy atom. The van der Waals surface area contributed by atoms with Crippen molar-refractivity contribution in [3.8, 4) is 5.75 Å². The zero-order chi connectivity index (χ0) is 17.4. The average molecular weight is 346 g/mol. The summed E-state index contributed by atoms with van der Waals surface area (Å²) in [5, 5.41) is 6.87. The van der Waals surface area contributed by atoms with Gasteiger partial charge in [-0.25, -0.2) is 5.43 Å². The van der Waals surface area contributed by atoms with Gasteiger partial charge in [0, 0.05) is 16.1 Å². The molecule has 2 rings (SSSR count). The van der Waals surface area contributed by atoms with E-state index in [0.29, 0.717) is 16.3 Å². The van der Waals surface area contributed by atoms with Crippen molar-refractivity contribution in [1.82, 2.24) is 10.7 Å². The number of carbonyl (C=O) groups excluding carboxylic acids is 2. The fourth-order valence-electron chi connectivity index (χ4n) is 1.85. The Hall–Kier alpha value is -2.86. The molecule has 6 nitrogen and oxygen atoms in total. The first-order chi connectivity index (χ1) is 11.6. The molecule has 0 unspecified atom stereocenters. The molecule has 124 valence electrons. The molecule has 2 amide bonds. The highest BCUT2D eigenvalue weighted by atomic mass is 35.5. The van der Waals surface area contributed by atoms with Crippen LogP contribution >= 0.6 is 11.6 Å². The first-order valence-corrected chi connectivity index (χ1v) is 7.46. The Balaban J connectivity index is 1.82. The van der Waals surface area contributed by atoms with Crippen LogP contribution in [0.1, 0.15) is 15.9 Å². The summed E-state index contributed by atoms with van der Waals surface area (Å²) in [6.45, 7) is -0.190. The van der Waals surface area contributed by atoms with E-state index in [-0.39, 0.29) is 12.5 Å². The second-order valence-electron chi connectivity index (χ2n) is 4.72. The van der Waals surface area contributed by atoms with E-state index < -0.39 is 5.91 Å². The maximum Gasteiger partial charge on any atom is 0.259 e. The minimum Gasteiger partial charge on any atom is -0.496 e. The highest BCUT2D eigenvalue weighted by molar-refractivity contribution is 6.30. The van der Waals surface area contributed by atoms with Gasteiger partial charge >= 0.3 is 0 Å². The molecule has 0 heterocycles. The Morgan fingerprint density at radius 3 is 2.58 bits per heavy atom. The molecule has 0 atom stereocenters. The molecule has 0 bridgehead atoms. The normalized spacial score (nSPS) is 10.4. The fraction of sp³-hybridized carbons (Fsp3) is 0.118. The van der Waals surface area contributed by atoms with Gasteiger partial charge in [-0.05, 0) is 36.4 Å². The van der Waals surface area contributed by atoms with Crippen LogP contribution in [-0.4, -0.2) is 31.7 Å². The van der Waals surface area contributed by atoms with Crippen molar-refractivity contribution in [1.29, 1.82) is 0 Å². The highest BCUT2D eigenvalue weighted by Gasteiger charge is 2.07. The summed E-state index contributed by atoms with van der Waals surface area (Å²) in [7, 11) is 1.55. The molecule has 0 radical (unpaired) electrons. The van der Waals surface area contributed by atoms with Gasteiger partial charge in [-0.1, -0.05) is 23.7 Å². The van der Waals surface area contributed by atoms with Crippen molar-refractivity contribution in [2.75, 3.05) is 13.7 Å². The maximum absolute atomic E-state index is 11.9. The van der Waals surface area contributed by atoms with Gasteiger partial charge < -0.3 is 10.1 Å². The number of hydrazone groups is 1. The molecule has 2 aromatic rings. The number of halogens is 1. The van der Waals surface area contributed by atoms with Crippen LogP contribution in [0.2, 0.25) is 5.02 Å². The summed E-state index contributed by atoms with van der Waals surface area (Å²) in [5.41, 5.74) is 3.49. The topological polar surface area (TPSA) is 79.8 Å². The predicted octanol–water partition coefficient (Wildman–Crippen LogP) is 2.23. The number of amides is 2. The summed E-state index contributed by atoms with van der Waals surface area (Å²) in [5.74, 6) is -0.162. The molecule has 7 heteroatoms. The van der Waals surface area contributed by atoms with Crippen molar-refractivity contribution in [2.45, 2.75) is 0 Å². The fourth-order valence-corrected chi connectivity index (χ4v) is 1.98. The molecule has 2 N–H and O–H groups in total. The predicted molar refractivity (Wildman–Crippen MR) is 92.5 cm³/mol. The van der Waals surface area contributed by atoms with Crippen molar-refractivity contribution < 1.29 is 14.3 Å². The minimum atomic E-state index is -0.441. The number of benzene rings is 2. The van der Waals surface area contributed by atoms with Gasteiger partial charge in [0.1, 0.15) is 5.75 Å². The van der Waals surface area contributed by atoms with E-state index in [1.165, 1.54) is 6.21 Å². The molecule has 2 aromatic carbocycles. The summed E-state index contributed by atoms with van der Waals surface area (Å²) in [6.07, 6.45) is 1.47. The van der Waals surface area contributed by atoms with E-state index in [0.717, 1.165) is 5.56 Å². The number of methoxy groups -OCH3 is 1. The largest absolute Gasteiger partial charge is 0.496 e. The molecular weight excluding hydrogens is 330 g/mol. The van der Waals surface area contributed by atoms with Crippen LogP contribution in [0, 0.1) is 0 Å². The lowest BCUT2D eigenvalue weighted by Gasteiger charge is -2.05. The van der Waals surface area contributed by atoms with Crippen LogP contribution in [-0.2, 0) is 4.79 Å². The lowest BCUT2D eigenvalue weighted by atomic mass is 10.2. The van der Waals surface area contributed by atoms with E-state index in [1.807, 2.05) is 12.1 Å². The molecule has 24 heavy (non-hydrogen) atoms. The summed E-state index contributed by atoms with van der Waals surface area (Å²) < 4.78 is 5.17. The van der Waals surface area contributed by atoms with Gasteiger partial charge in [-0.2, -0.15) is 5.10 Å². The van der Waals surface area contributed by atoms with E-state index in [2.05, 4.69) is 15.8 Å². The second kappa shape index (κ2) is 8.69. The van der Waals surface area contributed by atoms with Crippen molar-refractivity contribution in [3.05, 3.63) is 64.7 Å². The molecule has 0 aliphatic heterocycles. The number of nitrogens with one attached hydrogen (secondary N) is 2. The first kappa shape index (κ1) is 17.5. The summed E-state index contributed by atoms with van der Waals surface area (Å²) >= 11 is 5.75. The molecule has 0 aromatic heterocycles. The SMILES string of the molecule is COc1ccccc1/C=N\NC(=O)CNC(=O)c1ccc(Cl)cc1. The van der Waals surface area contributed by atoms with Gasteiger partial charge in [-0.15, -0.1) is 0 Å². The minimum absolute atomic E-state index is 0.190. The summed E-state index contributed by atoms with van der Waals surface area (Å²) in [6, 6.07) is 13.6. The summed E-state index contributed by atoms with van der Waals surface area (Å²) in [4.78, 5) is 23.5. The van der Waals surface area contributed by atoms with Gasteiger partial charge in [0.15, 0.2) is 0 Å². The number of para-hydroxylation sites is 1. The third-order valence-corrected chi connectivity index (χ3v) is 3.30. The van der Waals surface area contributed by atoms with Crippen LogP contribution < -0.4 is 15.5 Å². The van der Waals surface area contributed by atoms with Crippen molar-refractivity contribution in [3.63, 3.8) is 0 Å². The Bertz CT molecular complexity index is 745. The molecule has 0 fully saturated rings. The monoisotopic (exact) mass is 345 g/mol. The standard InChI is InChI=1S/C17H16ClN3O3/c1-24-15-5-3-2-4-13(15)10-20-21-16(22)11-19-17(23)12-6-8-14(18)9-7-12/h2-10H,11H2,1H3,(H,19,23)(H,21,22)/b20-10-. The van der Waals surface area contributed by atoms with E-state index >= 15 is 0 Å². The van der Waals surface area contributed by atoms with Crippen LogP contribution in [0.15, 0.2) is 53.6 Å². The van der Waals surface area contributed by atoms with Crippen LogP contribution in [0.5, 0.6) is 5.75 Å². The number of ether oxygens (including phenoxy) is 1. The third-order valence-electron chi connectivity index (χ3n) is 3.05. The number of rotatable bonds is 6. The maximum atomic E-state index is 11.9. The molecule has 0 aliphatic rings. The Kier molecular flexibility index (Phi) is 6.33. The van der Waals surface area contributed by atoms with E-state index in [1.54, 1.807) is 43.5 Å². The lowest BCUT2D eigenvalue weighted by Crippen LogP contribution is -2.34. The Morgan fingerprint density at radius 1 is 1.17 bits per heavy atom. The van der Waals surface area contributed by atoms with E-state index in [9.17, 15) is 9.59 Å². The molecule has 0 aliphatic carbocycles. The number of hydrogen-bond acceptors (Lipinski definition) is 4. The quantitative estimate of drug-likeness (QED) is 0.622. The third kappa shape index (κ3) is 5.10. The molecule has 0 spiro atoms. The van der Waals surface area contributed by atoms with E-state index in [4.69, 9.17) is 16.3 Å². The molecule has 0 saturated heterocycles. The van der Waals surface area contributed by atoms with Gasteiger partial charge in [0.05, 0.1) is 19.9 Å². The first-order valence-electron chi connectivity index (χ1n) is 7.09. The zero-order valence-electron chi connectivity index (χ0n) is 13.0.